The third-order valence-corrected chi connectivity index (χ3v) is 4.52. The Bertz CT molecular complexity index is 722. The van der Waals surface area contributed by atoms with E-state index in [1.165, 1.54) is 18.4 Å². The lowest BCUT2D eigenvalue weighted by molar-refractivity contribution is 0.414. The van der Waals surface area contributed by atoms with Crippen molar-refractivity contribution in [2.75, 3.05) is 20.2 Å². The van der Waals surface area contributed by atoms with Gasteiger partial charge in [0.2, 0.25) is 0 Å². The van der Waals surface area contributed by atoms with Crippen LogP contribution in [0.2, 0.25) is 0 Å². The van der Waals surface area contributed by atoms with Gasteiger partial charge in [-0.1, -0.05) is 12.1 Å². The number of nitrogens with one attached hydrogen (secondary N) is 2. The van der Waals surface area contributed by atoms with E-state index in [0.29, 0.717) is 6.54 Å². The summed E-state index contributed by atoms with van der Waals surface area (Å²) in [5, 5.41) is 15.3. The number of benzene rings is 1. The highest BCUT2D eigenvalue weighted by molar-refractivity contribution is 5.79. The van der Waals surface area contributed by atoms with Gasteiger partial charge in [0.1, 0.15) is 18.1 Å². The van der Waals surface area contributed by atoms with Crippen molar-refractivity contribution in [2.45, 2.75) is 45.7 Å². The van der Waals surface area contributed by atoms with Crippen LogP contribution >= 0.6 is 0 Å². The molecule has 0 radical (unpaired) electrons. The topological polar surface area (TPSA) is 76.4 Å². The maximum atomic E-state index is 5.19. The summed E-state index contributed by atoms with van der Waals surface area (Å²) < 4.78 is 7.41. The number of hydrogen-bond acceptors (Lipinski definition) is 4. The SMILES string of the molecule is CCNC(=NCc1nnc2n1CCCC2)NCCc1ccc(OC)cc1. The molecule has 1 aromatic carbocycles. The van der Waals surface area contributed by atoms with Crippen molar-refractivity contribution in [3.8, 4) is 5.75 Å². The number of guanidine groups is 1. The summed E-state index contributed by atoms with van der Waals surface area (Å²) in [6.45, 7) is 5.27. The number of ether oxygens (including phenoxy) is 1. The molecule has 2 heterocycles. The van der Waals surface area contributed by atoms with Crippen molar-refractivity contribution in [3.63, 3.8) is 0 Å². The first-order valence-corrected chi connectivity index (χ1v) is 9.36. The van der Waals surface area contributed by atoms with E-state index in [-0.39, 0.29) is 0 Å². The molecule has 1 aliphatic heterocycles. The zero-order valence-electron chi connectivity index (χ0n) is 15.7. The van der Waals surface area contributed by atoms with Crippen LogP contribution in [0.3, 0.4) is 0 Å². The number of fused-ring (bicyclic) bond motifs is 1. The van der Waals surface area contributed by atoms with E-state index < -0.39 is 0 Å². The van der Waals surface area contributed by atoms with Gasteiger partial charge >= 0.3 is 0 Å². The van der Waals surface area contributed by atoms with Gasteiger partial charge in [0, 0.05) is 26.1 Å². The fourth-order valence-corrected chi connectivity index (χ4v) is 3.09. The Morgan fingerprint density at radius 1 is 1.19 bits per heavy atom. The highest BCUT2D eigenvalue weighted by Crippen LogP contribution is 2.14. The molecule has 0 amide bonds. The van der Waals surface area contributed by atoms with Gasteiger partial charge in [-0.25, -0.2) is 4.99 Å². The predicted octanol–water partition coefficient (Wildman–Crippen LogP) is 1.92. The zero-order chi connectivity index (χ0) is 18.2. The van der Waals surface area contributed by atoms with Crippen molar-refractivity contribution in [1.29, 1.82) is 0 Å². The minimum absolute atomic E-state index is 0.546. The fourth-order valence-electron chi connectivity index (χ4n) is 3.09. The van der Waals surface area contributed by atoms with Crippen LogP contribution in [0.5, 0.6) is 5.75 Å². The Morgan fingerprint density at radius 2 is 2.04 bits per heavy atom. The number of aliphatic imine (C=N–C) groups is 1. The van der Waals surface area contributed by atoms with Crippen LogP contribution in [0.4, 0.5) is 0 Å². The average Bonchev–Trinajstić information content (AvgIpc) is 3.10. The van der Waals surface area contributed by atoms with Crippen LogP contribution in [0.15, 0.2) is 29.3 Å². The average molecular weight is 356 g/mol. The van der Waals surface area contributed by atoms with E-state index in [0.717, 1.165) is 55.8 Å². The van der Waals surface area contributed by atoms with E-state index in [2.05, 4.69) is 49.4 Å². The standard InChI is InChI=1S/C19H28N6O/c1-3-20-19(21-12-11-15-7-9-16(26-2)10-8-15)22-14-18-24-23-17-6-4-5-13-25(17)18/h7-10H,3-6,11-14H2,1-2H3,(H2,20,21,22). The summed E-state index contributed by atoms with van der Waals surface area (Å²) >= 11 is 0. The maximum absolute atomic E-state index is 5.19. The van der Waals surface area contributed by atoms with E-state index in [1.807, 2.05) is 12.1 Å². The van der Waals surface area contributed by atoms with Crippen LogP contribution in [0.1, 0.15) is 37.0 Å². The molecule has 0 unspecified atom stereocenters. The molecule has 3 rings (SSSR count). The molecule has 0 saturated heterocycles. The van der Waals surface area contributed by atoms with E-state index in [4.69, 9.17) is 4.74 Å². The Morgan fingerprint density at radius 3 is 2.81 bits per heavy atom. The minimum Gasteiger partial charge on any atom is -0.497 e. The van der Waals surface area contributed by atoms with E-state index in [9.17, 15) is 0 Å². The summed E-state index contributed by atoms with van der Waals surface area (Å²) in [5.41, 5.74) is 1.26. The Kier molecular flexibility index (Phi) is 6.46. The second-order valence-corrected chi connectivity index (χ2v) is 6.36. The monoisotopic (exact) mass is 356 g/mol. The van der Waals surface area contributed by atoms with Gasteiger partial charge in [0.05, 0.1) is 7.11 Å². The number of nitrogens with zero attached hydrogens (tertiary/aromatic N) is 4. The van der Waals surface area contributed by atoms with Gasteiger partial charge in [0.25, 0.3) is 0 Å². The quantitative estimate of drug-likeness (QED) is 0.585. The molecule has 0 bridgehead atoms. The molecule has 0 saturated carbocycles. The second-order valence-electron chi connectivity index (χ2n) is 6.36. The third kappa shape index (κ3) is 4.74. The molecule has 140 valence electrons. The number of methoxy groups -OCH3 is 1. The number of aromatic nitrogens is 3. The Labute approximate surface area is 154 Å². The number of rotatable bonds is 7. The summed E-state index contributed by atoms with van der Waals surface area (Å²) in [7, 11) is 1.68. The maximum Gasteiger partial charge on any atom is 0.191 e. The van der Waals surface area contributed by atoms with Gasteiger partial charge < -0.3 is 19.9 Å². The molecule has 0 spiro atoms. The van der Waals surface area contributed by atoms with Crippen molar-refractivity contribution in [2.24, 2.45) is 4.99 Å². The fraction of sp³-hybridized carbons (Fsp3) is 0.526. The Balaban J connectivity index is 1.54. The van der Waals surface area contributed by atoms with Crippen molar-refractivity contribution < 1.29 is 4.74 Å². The smallest absolute Gasteiger partial charge is 0.191 e. The van der Waals surface area contributed by atoms with Gasteiger partial charge in [-0.05, 0) is 43.9 Å². The molecular weight excluding hydrogens is 328 g/mol. The highest BCUT2D eigenvalue weighted by atomic mass is 16.5. The van der Waals surface area contributed by atoms with E-state index in [1.54, 1.807) is 7.11 Å². The van der Waals surface area contributed by atoms with Crippen LogP contribution in [0, 0.1) is 0 Å². The van der Waals surface area contributed by atoms with Crippen LogP contribution in [-0.2, 0) is 25.9 Å². The molecule has 26 heavy (non-hydrogen) atoms. The highest BCUT2D eigenvalue weighted by Gasteiger charge is 2.15. The van der Waals surface area contributed by atoms with Gasteiger partial charge in [0.15, 0.2) is 11.8 Å². The molecule has 2 N–H and O–H groups in total. The lowest BCUT2D eigenvalue weighted by Crippen LogP contribution is -2.38. The minimum atomic E-state index is 0.546. The second kappa shape index (κ2) is 9.22. The lowest BCUT2D eigenvalue weighted by atomic mass is 10.1. The predicted molar refractivity (Wildman–Crippen MR) is 102 cm³/mol. The first kappa shape index (κ1) is 18.2. The summed E-state index contributed by atoms with van der Waals surface area (Å²) in [6, 6.07) is 8.16. The number of aryl methyl sites for hydroxylation is 1. The van der Waals surface area contributed by atoms with Crippen molar-refractivity contribution >= 4 is 5.96 Å². The lowest BCUT2D eigenvalue weighted by Gasteiger charge is -2.14. The van der Waals surface area contributed by atoms with Gasteiger partial charge in [-0.3, -0.25) is 0 Å². The molecule has 1 aromatic heterocycles. The number of hydrogen-bond donors (Lipinski definition) is 2. The molecular formula is C19H28N6O. The van der Waals surface area contributed by atoms with Crippen molar-refractivity contribution in [3.05, 3.63) is 41.5 Å². The van der Waals surface area contributed by atoms with Gasteiger partial charge in [-0.15, -0.1) is 10.2 Å². The molecule has 2 aromatic rings. The van der Waals surface area contributed by atoms with Crippen molar-refractivity contribution in [1.82, 2.24) is 25.4 Å². The van der Waals surface area contributed by atoms with Crippen LogP contribution in [0.25, 0.3) is 0 Å². The van der Waals surface area contributed by atoms with E-state index >= 15 is 0 Å². The first-order chi connectivity index (χ1) is 12.8. The molecule has 0 fully saturated rings. The molecule has 7 heteroatoms. The molecule has 7 nitrogen and oxygen atoms in total. The van der Waals surface area contributed by atoms with Gasteiger partial charge in [-0.2, -0.15) is 0 Å². The summed E-state index contributed by atoms with van der Waals surface area (Å²) in [5.74, 6) is 3.74. The summed E-state index contributed by atoms with van der Waals surface area (Å²) in [4.78, 5) is 4.67. The molecule has 0 atom stereocenters. The molecule has 0 aliphatic carbocycles. The Hall–Kier alpha value is -2.57. The normalized spacial score (nSPS) is 14.0. The van der Waals surface area contributed by atoms with Crippen LogP contribution < -0.4 is 15.4 Å². The zero-order valence-corrected chi connectivity index (χ0v) is 15.7. The first-order valence-electron chi connectivity index (χ1n) is 9.36. The largest absolute Gasteiger partial charge is 0.497 e. The summed E-state index contributed by atoms with van der Waals surface area (Å²) in [6.07, 6.45) is 4.35. The van der Waals surface area contributed by atoms with Crippen LogP contribution in [-0.4, -0.2) is 40.9 Å². The third-order valence-electron chi connectivity index (χ3n) is 4.52. The molecule has 1 aliphatic rings.